The van der Waals surface area contributed by atoms with Gasteiger partial charge in [0.05, 0.1) is 6.10 Å². The monoisotopic (exact) mass is 428 g/mol. The number of aromatic nitrogens is 1. The zero-order chi connectivity index (χ0) is 22.7. The third-order valence-corrected chi connectivity index (χ3v) is 5.50. The molecule has 0 aliphatic rings. The number of hydrogen-bond acceptors (Lipinski definition) is 4. The lowest BCUT2D eigenvalue weighted by atomic mass is 10.0. The molecular weight excluding hydrogens is 400 g/mol. The van der Waals surface area contributed by atoms with Gasteiger partial charge in [-0.3, -0.25) is 4.79 Å². The highest BCUT2D eigenvalue weighted by molar-refractivity contribution is 6.05. The van der Waals surface area contributed by atoms with Gasteiger partial charge >= 0.3 is 0 Å². The highest BCUT2D eigenvalue weighted by Gasteiger charge is 2.12. The highest BCUT2D eigenvalue weighted by atomic mass is 16.5. The Bertz CT molecular complexity index is 1210. The summed E-state index contributed by atoms with van der Waals surface area (Å²) in [5.74, 6) is 1.61. The maximum atomic E-state index is 12.7. The van der Waals surface area contributed by atoms with Crippen molar-refractivity contribution in [2.75, 3.05) is 5.32 Å². The third-order valence-electron chi connectivity index (χ3n) is 5.50. The van der Waals surface area contributed by atoms with E-state index in [1.807, 2.05) is 49.4 Å². The minimum absolute atomic E-state index is 0.141. The fourth-order valence-electron chi connectivity index (χ4n) is 3.34. The number of benzene rings is 3. The first kappa shape index (κ1) is 21.6. The molecule has 164 valence electrons. The topological polar surface area (TPSA) is 64.4 Å². The minimum Gasteiger partial charge on any atom is -0.491 e. The van der Waals surface area contributed by atoms with Gasteiger partial charge in [-0.2, -0.15) is 0 Å². The van der Waals surface area contributed by atoms with Crippen LogP contribution < -0.4 is 10.1 Å². The predicted octanol–water partition coefficient (Wildman–Crippen LogP) is 7.05. The lowest BCUT2D eigenvalue weighted by Gasteiger charge is -2.12. The fourth-order valence-corrected chi connectivity index (χ4v) is 3.34. The minimum atomic E-state index is -0.188. The van der Waals surface area contributed by atoms with Gasteiger partial charge in [-0.25, -0.2) is 4.98 Å². The molecular formula is C27H28N2O3. The van der Waals surface area contributed by atoms with Crippen molar-refractivity contribution >= 4 is 22.7 Å². The average molecular weight is 429 g/mol. The lowest BCUT2D eigenvalue weighted by Crippen LogP contribution is -2.12. The van der Waals surface area contributed by atoms with E-state index in [0.29, 0.717) is 34.2 Å². The lowest BCUT2D eigenvalue weighted by molar-refractivity contribution is 0.102. The SMILES string of the molecule is CCC(C)Oc1ccc(C(=O)Nc2ccc3oc(-c4ccc(C(C)C)cc4)nc3c2)cc1. The molecule has 1 unspecified atom stereocenters. The molecule has 0 radical (unpaired) electrons. The number of oxazole rings is 1. The summed E-state index contributed by atoms with van der Waals surface area (Å²) in [7, 11) is 0. The summed E-state index contributed by atoms with van der Waals surface area (Å²) in [6.07, 6.45) is 1.07. The van der Waals surface area contributed by atoms with Crippen LogP contribution in [0.1, 0.15) is 56.0 Å². The number of anilines is 1. The number of rotatable bonds is 7. The Morgan fingerprint density at radius 1 is 1.00 bits per heavy atom. The van der Waals surface area contributed by atoms with Crippen LogP contribution >= 0.6 is 0 Å². The largest absolute Gasteiger partial charge is 0.491 e. The molecule has 1 N–H and O–H groups in total. The molecule has 0 saturated carbocycles. The molecule has 0 saturated heterocycles. The van der Waals surface area contributed by atoms with Gasteiger partial charge in [-0.05, 0) is 79.4 Å². The number of hydrogen-bond donors (Lipinski definition) is 1. The van der Waals surface area contributed by atoms with Gasteiger partial charge in [0.2, 0.25) is 5.89 Å². The Kier molecular flexibility index (Phi) is 6.26. The summed E-state index contributed by atoms with van der Waals surface area (Å²) in [5, 5.41) is 2.93. The van der Waals surface area contributed by atoms with Crippen LogP contribution in [0.25, 0.3) is 22.6 Å². The molecule has 0 fully saturated rings. The summed E-state index contributed by atoms with van der Waals surface area (Å²) in [5.41, 5.74) is 4.80. The maximum Gasteiger partial charge on any atom is 0.255 e. The third kappa shape index (κ3) is 4.83. The van der Waals surface area contributed by atoms with Crippen molar-refractivity contribution in [1.82, 2.24) is 4.98 Å². The van der Waals surface area contributed by atoms with Gasteiger partial charge < -0.3 is 14.5 Å². The zero-order valence-corrected chi connectivity index (χ0v) is 18.9. The molecule has 4 aromatic rings. The molecule has 5 heteroatoms. The molecule has 0 aliphatic heterocycles. The van der Waals surface area contributed by atoms with Gasteiger partial charge in [-0.15, -0.1) is 0 Å². The van der Waals surface area contributed by atoms with Gasteiger partial charge in [-0.1, -0.05) is 32.9 Å². The molecule has 1 amide bonds. The van der Waals surface area contributed by atoms with Crippen LogP contribution in [-0.2, 0) is 0 Å². The van der Waals surface area contributed by atoms with E-state index in [2.05, 4.69) is 43.2 Å². The second-order valence-corrected chi connectivity index (χ2v) is 8.29. The summed E-state index contributed by atoms with van der Waals surface area (Å²) < 4.78 is 11.7. The van der Waals surface area contributed by atoms with Gasteiger partial charge in [0, 0.05) is 16.8 Å². The number of ether oxygens (including phenoxy) is 1. The van der Waals surface area contributed by atoms with E-state index in [1.165, 1.54) is 5.56 Å². The van der Waals surface area contributed by atoms with Crippen LogP contribution in [0.4, 0.5) is 5.69 Å². The molecule has 1 heterocycles. The van der Waals surface area contributed by atoms with E-state index < -0.39 is 0 Å². The predicted molar refractivity (Wildman–Crippen MR) is 128 cm³/mol. The Balaban J connectivity index is 1.48. The molecule has 32 heavy (non-hydrogen) atoms. The fraction of sp³-hybridized carbons (Fsp3) is 0.259. The first-order valence-corrected chi connectivity index (χ1v) is 11.0. The molecule has 4 rings (SSSR count). The summed E-state index contributed by atoms with van der Waals surface area (Å²) in [4.78, 5) is 17.3. The number of fused-ring (bicyclic) bond motifs is 1. The Morgan fingerprint density at radius 2 is 1.72 bits per heavy atom. The smallest absolute Gasteiger partial charge is 0.255 e. The van der Waals surface area contributed by atoms with Crippen molar-refractivity contribution in [3.8, 4) is 17.2 Å². The van der Waals surface area contributed by atoms with E-state index in [-0.39, 0.29) is 12.0 Å². The molecule has 0 spiro atoms. The molecule has 0 bridgehead atoms. The van der Waals surface area contributed by atoms with Crippen molar-refractivity contribution in [1.29, 1.82) is 0 Å². The first-order valence-electron chi connectivity index (χ1n) is 11.0. The number of nitrogens with one attached hydrogen (secondary N) is 1. The van der Waals surface area contributed by atoms with E-state index >= 15 is 0 Å². The van der Waals surface area contributed by atoms with E-state index in [4.69, 9.17) is 9.15 Å². The van der Waals surface area contributed by atoms with E-state index in [0.717, 1.165) is 17.7 Å². The number of amides is 1. The number of carbonyl (C=O) groups is 1. The number of nitrogens with zero attached hydrogens (tertiary/aromatic N) is 1. The van der Waals surface area contributed by atoms with Crippen LogP contribution in [0, 0.1) is 0 Å². The van der Waals surface area contributed by atoms with Gasteiger partial charge in [0.1, 0.15) is 11.3 Å². The summed E-state index contributed by atoms with van der Waals surface area (Å²) >= 11 is 0. The Labute approximate surface area is 188 Å². The van der Waals surface area contributed by atoms with Crippen molar-refractivity contribution in [2.45, 2.75) is 46.1 Å². The van der Waals surface area contributed by atoms with Gasteiger partial charge in [0.25, 0.3) is 5.91 Å². The van der Waals surface area contributed by atoms with Crippen LogP contribution in [0.3, 0.4) is 0 Å². The summed E-state index contributed by atoms with van der Waals surface area (Å²) in [6, 6.07) is 20.9. The second-order valence-electron chi connectivity index (χ2n) is 8.29. The van der Waals surface area contributed by atoms with E-state index in [1.54, 1.807) is 12.1 Å². The Morgan fingerprint density at radius 3 is 2.38 bits per heavy atom. The molecule has 3 aromatic carbocycles. The quantitative estimate of drug-likeness (QED) is 0.343. The highest BCUT2D eigenvalue weighted by Crippen LogP contribution is 2.28. The van der Waals surface area contributed by atoms with E-state index in [9.17, 15) is 4.79 Å². The van der Waals surface area contributed by atoms with Crippen molar-refractivity contribution in [3.63, 3.8) is 0 Å². The molecule has 5 nitrogen and oxygen atoms in total. The van der Waals surface area contributed by atoms with Crippen LogP contribution in [0.2, 0.25) is 0 Å². The molecule has 1 atom stereocenters. The standard InChI is InChI=1S/C27H28N2O3/c1-5-18(4)31-23-13-10-20(11-14-23)26(30)28-22-12-15-25-24(16-22)29-27(32-25)21-8-6-19(7-9-21)17(2)3/h6-18H,5H2,1-4H3,(H,28,30). The van der Waals surface area contributed by atoms with Crippen molar-refractivity contribution in [3.05, 3.63) is 77.9 Å². The van der Waals surface area contributed by atoms with Crippen molar-refractivity contribution < 1.29 is 13.9 Å². The van der Waals surface area contributed by atoms with Crippen molar-refractivity contribution in [2.24, 2.45) is 0 Å². The normalized spacial score (nSPS) is 12.2. The average Bonchev–Trinajstić information content (AvgIpc) is 3.23. The molecule has 0 aliphatic carbocycles. The number of carbonyl (C=O) groups excluding carboxylic acids is 1. The summed E-state index contributed by atoms with van der Waals surface area (Å²) in [6.45, 7) is 8.43. The van der Waals surface area contributed by atoms with Crippen LogP contribution in [-0.4, -0.2) is 17.0 Å². The Hall–Kier alpha value is -3.60. The van der Waals surface area contributed by atoms with Crippen LogP contribution in [0.15, 0.2) is 71.1 Å². The first-order chi connectivity index (χ1) is 15.4. The maximum absolute atomic E-state index is 12.7. The van der Waals surface area contributed by atoms with Gasteiger partial charge in [0.15, 0.2) is 5.58 Å². The second kappa shape index (κ2) is 9.27. The molecule has 1 aromatic heterocycles. The van der Waals surface area contributed by atoms with Crippen LogP contribution in [0.5, 0.6) is 5.75 Å². The zero-order valence-electron chi connectivity index (χ0n) is 18.9.